The molecule has 0 N–H and O–H groups in total. The molecule has 0 fully saturated rings. The summed E-state index contributed by atoms with van der Waals surface area (Å²) in [6, 6.07) is 65.4. The van der Waals surface area contributed by atoms with Crippen molar-refractivity contribution in [2.75, 3.05) is 0 Å². The van der Waals surface area contributed by atoms with E-state index in [0.29, 0.717) is 0 Å². The molecule has 1 aliphatic rings. The molecule has 2 heteroatoms. The molecule has 8 aromatic carbocycles. The molecule has 9 aromatic rings. The van der Waals surface area contributed by atoms with Crippen LogP contribution in [0.1, 0.15) is 25.0 Å². The molecule has 10 rings (SSSR count). The molecule has 0 saturated heterocycles. The van der Waals surface area contributed by atoms with Crippen LogP contribution in [0.4, 0.5) is 0 Å². The van der Waals surface area contributed by atoms with Crippen LogP contribution in [0.5, 0.6) is 0 Å². The molecular weight excluding hydrogens is 641 g/mol. The van der Waals surface area contributed by atoms with Gasteiger partial charge in [0.2, 0.25) is 0 Å². The summed E-state index contributed by atoms with van der Waals surface area (Å²) in [5.41, 5.74) is 15.3. The number of rotatable bonds is 5. The van der Waals surface area contributed by atoms with Crippen molar-refractivity contribution < 1.29 is 0 Å². The Hall–Kier alpha value is -6.64. The summed E-state index contributed by atoms with van der Waals surface area (Å²) in [7, 11) is 0. The zero-order valence-electron chi connectivity index (χ0n) is 29.7. The predicted octanol–water partition coefficient (Wildman–Crippen LogP) is 13.4. The molecule has 250 valence electrons. The highest BCUT2D eigenvalue weighted by atomic mass is 14.9. The van der Waals surface area contributed by atoms with E-state index in [4.69, 9.17) is 9.97 Å². The fourth-order valence-corrected chi connectivity index (χ4v) is 8.66. The number of hydrogen-bond acceptors (Lipinski definition) is 2. The Balaban J connectivity index is 1.15. The molecule has 53 heavy (non-hydrogen) atoms. The molecule has 0 atom stereocenters. The SMILES string of the molecule is CC1(C)c2ccccc2-c2cccc(-c3ccc(-c4ccc(-c5cc(-c6ccccc6)nc(-c6ccccc6)n5)c5ccccc45)c4ccccc34)c21. The summed E-state index contributed by atoms with van der Waals surface area (Å²) in [6.45, 7) is 4.74. The third-order valence-electron chi connectivity index (χ3n) is 11.1. The van der Waals surface area contributed by atoms with Crippen molar-refractivity contribution in [3.63, 3.8) is 0 Å². The number of hydrogen-bond donors (Lipinski definition) is 0. The van der Waals surface area contributed by atoms with Gasteiger partial charge in [0.05, 0.1) is 11.4 Å². The monoisotopic (exact) mass is 676 g/mol. The Kier molecular flexibility index (Phi) is 7.19. The van der Waals surface area contributed by atoms with Crippen molar-refractivity contribution in [1.29, 1.82) is 0 Å². The number of aromatic nitrogens is 2. The standard InChI is InChI=1S/C51H36N2/c1-51(2)46-27-14-13-24-42(46)45-26-15-25-44(49(45)51)41-29-28-39(35-20-9-10-21-36(35)41)40-30-31-43(38-23-12-11-22-37(38)40)48-32-47(33-16-5-3-6-17-33)52-50(53-48)34-18-7-4-8-19-34/h3-32H,1-2H3. The molecule has 0 amide bonds. The molecule has 0 radical (unpaired) electrons. The van der Waals surface area contributed by atoms with E-state index < -0.39 is 0 Å². The maximum Gasteiger partial charge on any atom is 0.160 e. The molecule has 0 unspecified atom stereocenters. The van der Waals surface area contributed by atoms with Crippen LogP contribution < -0.4 is 0 Å². The normalized spacial score (nSPS) is 12.9. The summed E-state index contributed by atoms with van der Waals surface area (Å²) in [4.78, 5) is 10.2. The third kappa shape index (κ3) is 5.02. The van der Waals surface area contributed by atoms with Gasteiger partial charge in [0.15, 0.2) is 5.82 Å². The fourth-order valence-electron chi connectivity index (χ4n) is 8.66. The van der Waals surface area contributed by atoms with Crippen molar-refractivity contribution in [2.24, 2.45) is 0 Å². The van der Waals surface area contributed by atoms with Gasteiger partial charge in [-0.05, 0) is 72.1 Å². The molecule has 1 aliphatic carbocycles. The van der Waals surface area contributed by atoms with Crippen LogP contribution in [0.15, 0.2) is 182 Å². The Morgan fingerprint density at radius 1 is 0.340 bits per heavy atom. The molecule has 1 heterocycles. The lowest BCUT2D eigenvalue weighted by Gasteiger charge is -2.25. The van der Waals surface area contributed by atoms with Gasteiger partial charge in [0.25, 0.3) is 0 Å². The second kappa shape index (κ2) is 12.3. The van der Waals surface area contributed by atoms with Crippen LogP contribution >= 0.6 is 0 Å². The lowest BCUT2D eigenvalue weighted by atomic mass is 9.78. The Labute approximate surface area is 310 Å². The van der Waals surface area contributed by atoms with Crippen LogP contribution in [-0.2, 0) is 5.41 Å². The van der Waals surface area contributed by atoms with E-state index in [-0.39, 0.29) is 5.41 Å². The first kappa shape index (κ1) is 31.1. The minimum atomic E-state index is -0.101. The van der Waals surface area contributed by atoms with Crippen molar-refractivity contribution >= 4 is 21.5 Å². The van der Waals surface area contributed by atoms with Gasteiger partial charge in [-0.2, -0.15) is 0 Å². The van der Waals surface area contributed by atoms with E-state index in [1.54, 1.807) is 0 Å². The van der Waals surface area contributed by atoms with Crippen LogP contribution in [0.25, 0.3) is 88.8 Å². The number of nitrogens with zero attached hydrogens (tertiary/aromatic N) is 2. The van der Waals surface area contributed by atoms with Crippen molar-refractivity contribution in [3.8, 4) is 67.3 Å². The minimum Gasteiger partial charge on any atom is -0.228 e. The van der Waals surface area contributed by atoms with Crippen molar-refractivity contribution in [1.82, 2.24) is 9.97 Å². The zero-order chi connectivity index (χ0) is 35.5. The molecule has 0 saturated carbocycles. The van der Waals surface area contributed by atoms with E-state index in [0.717, 1.165) is 39.3 Å². The fraction of sp³-hybridized carbons (Fsp3) is 0.0588. The topological polar surface area (TPSA) is 25.8 Å². The smallest absolute Gasteiger partial charge is 0.160 e. The summed E-state index contributed by atoms with van der Waals surface area (Å²) in [5.74, 6) is 0.718. The van der Waals surface area contributed by atoms with E-state index in [2.05, 4.69) is 172 Å². The summed E-state index contributed by atoms with van der Waals surface area (Å²) < 4.78 is 0. The highest BCUT2D eigenvalue weighted by molar-refractivity contribution is 6.12. The predicted molar refractivity (Wildman–Crippen MR) is 222 cm³/mol. The maximum absolute atomic E-state index is 5.19. The van der Waals surface area contributed by atoms with Gasteiger partial charge in [-0.1, -0.05) is 190 Å². The van der Waals surface area contributed by atoms with E-state index in [1.165, 1.54) is 60.7 Å². The van der Waals surface area contributed by atoms with Crippen LogP contribution in [0.2, 0.25) is 0 Å². The Morgan fingerprint density at radius 2 is 0.774 bits per heavy atom. The highest BCUT2D eigenvalue weighted by Gasteiger charge is 2.37. The number of fused-ring (bicyclic) bond motifs is 5. The first-order chi connectivity index (χ1) is 26.1. The van der Waals surface area contributed by atoms with E-state index >= 15 is 0 Å². The minimum absolute atomic E-state index is 0.101. The van der Waals surface area contributed by atoms with Gasteiger partial charge in [-0.15, -0.1) is 0 Å². The first-order valence-electron chi connectivity index (χ1n) is 18.3. The molecule has 0 bridgehead atoms. The second-order valence-electron chi connectivity index (χ2n) is 14.5. The highest BCUT2D eigenvalue weighted by Crippen LogP contribution is 2.53. The van der Waals surface area contributed by atoms with Gasteiger partial charge in [-0.25, -0.2) is 9.97 Å². The first-order valence-corrected chi connectivity index (χ1v) is 18.3. The average molecular weight is 677 g/mol. The average Bonchev–Trinajstić information content (AvgIpc) is 3.46. The van der Waals surface area contributed by atoms with Crippen molar-refractivity contribution in [2.45, 2.75) is 19.3 Å². The van der Waals surface area contributed by atoms with Gasteiger partial charge < -0.3 is 0 Å². The van der Waals surface area contributed by atoms with Crippen LogP contribution in [0.3, 0.4) is 0 Å². The molecule has 0 spiro atoms. The lowest BCUT2D eigenvalue weighted by Crippen LogP contribution is -2.16. The van der Waals surface area contributed by atoms with E-state index in [9.17, 15) is 0 Å². The van der Waals surface area contributed by atoms with Crippen LogP contribution in [0, 0.1) is 0 Å². The Morgan fingerprint density at radius 3 is 1.40 bits per heavy atom. The van der Waals surface area contributed by atoms with Gasteiger partial charge in [0.1, 0.15) is 0 Å². The van der Waals surface area contributed by atoms with Gasteiger partial charge in [0, 0.05) is 22.1 Å². The summed E-state index contributed by atoms with van der Waals surface area (Å²) in [5, 5.41) is 4.86. The molecule has 1 aromatic heterocycles. The summed E-state index contributed by atoms with van der Waals surface area (Å²) >= 11 is 0. The van der Waals surface area contributed by atoms with Crippen LogP contribution in [-0.4, -0.2) is 9.97 Å². The Bertz CT molecular complexity index is 2790. The van der Waals surface area contributed by atoms with Gasteiger partial charge >= 0.3 is 0 Å². The largest absolute Gasteiger partial charge is 0.228 e. The lowest BCUT2D eigenvalue weighted by molar-refractivity contribution is 0.662. The quantitative estimate of drug-likeness (QED) is 0.181. The molecule has 0 aliphatic heterocycles. The van der Waals surface area contributed by atoms with Crippen molar-refractivity contribution in [3.05, 3.63) is 193 Å². The number of benzene rings is 8. The molecular formula is C51H36N2. The van der Waals surface area contributed by atoms with Gasteiger partial charge in [-0.3, -0.25) is 0 Å². The second-order valence-corrected chi connectivity index (χ2v) is 14.5. The summed E-state index contributed by atoms with van der Waals surface area (Å²) in [6.07, 6.45) is 0. The zero-order valence-corrected chi connectivity index (χ0v) is 29.7. The third-order valence-corrected chi connectivity index (χ3v) is 11.1. The van der Waals surface area contributed by atoms with E-state index in [1.807, 2.05) is 24.3 Å². The maximum atomic E-state index is 5.19. The molecule has 2 nitrogen and oxygen atoms in total.